The summed E-state index contributed by atoms with van der Waals surface area (Å²) in [5.41, 5.74) is 9.55. The summed E-state index contributed by atoms with van der Waals surface area (Å²) in [6.07, 6.45) is 0. The van der Waals surface area contributed by atoms with Crippen molar-refractivity contribution in [1.82, 2.24) is 9.97 Å². The Hall–Kier alpha value is -2.49. The highest BCUT2D eigenvalue weighted by molar-refractivity contribution is 5.78. The van der Waals surface area contributed by atoms with E-state index in [2.05, 4.69) is 9.97 Å². The average molecular weight is 253 g/mol. The number of hydrogen-bond donors (Lipinski definition) is 2. The van der Waals surface area contributed by atoms with E-state index in [1.807, 2.05) is 49.4 Å². The standard InChI is InChI=1S/C15H15N3O/c1-10-3-2-4-13-15(10)18-14(17-13)9-19-12-7-5-11(16)6-8-12/h2-8H,9,16H2,1H3,(H,17,18). The lowest BCUT2D eigenvalue weighted by atomic mass is 10.2. The van der Waals surface area contributed by atoms with Gasteiger partial charge in [-0.2, -0.15) is 0 Å². The van der Waals surface area contributed by atoms with Crippen molar-refractivity contribution in [2.24, 2.45) is 0 Å². The molecule has 0 aliphatic heterocycles. The molecule has 3 rings (SSSR count). The zero-order valence-electron chi connectivity index (χ0n) is 10.7. The van der Waals surface area contributed by atoms with Crippen LogP contribution < -0.4 is 10.5 Å². The van der Waals surface area contributed by atoms with E-state index in [0.717, 1.165) is 33.9 Å². The lowest BCUT2D eigenvalue weighted by Gasteiger charge is -2.03. The smallest absolute Gasteiger partial charge is 0.146 e. The minimum absolute atomic E-state index is 0.415. The van der Waals surface area contributed by atoms with Crippen molar-refractivity contribution in [3.05, 3.63) is 53.9 Å². The number of para-hydroxylation sites is 1. The van der Waals surface area contributed by atoms with Gasteiger partial charge in [0, 0.05) is 5.69 Å². The fourth-order valence-electron chi connectivity index (χ4n) is 2.01. The third-order valence-electron chi connectivity index (χ3n) is 3.02. The number of fused-ring (bicyclic) bond motifs is 1. The van der Waals surface area contributed by atoms with Crippen LogP contribution >= 0.6 is 0 Å². The molecule has 19 heavy (non-hydrogen) atoms. The first-order valence-electron chi connectivity index (χ1n) is 6.15. The maximum absolute atomic E-state index is 5.67. The molecule has 1 heterocycles. The molecule has 3 aromatic rings. The number of H-pyrrole nitrogens is 1. The van der Waals surface area contributed by atoms with E-state index in [0.29, 0.717) is 6.61 Å². The number of nitrogens with zero attached hydrogens (tertiary/aromatic N) is 1. The largest absolute Gasteiger partial charge is 0.486 e. The zero-order chi connectivity index (χ0) is 13.2. The summed E-state index contributed by atoms with van der Waals surface area (Å²) in [7, 11) is 0. The van der Waals surface area contributed by atoms with Gasteiger partial charge < -0.3 is 15.5 Å². The number of ether oxygens (including phenoxy) is 1. The van der Waals surface area contributed by atoms with Gasteiger partial charge in [0.1, 0.15) is 18.2 Å². The third kappa shape index (κ3) is 2.38. The maximum atomic E-state index is 5.67. The number of hydrogen-bond acceptors (Lipinski definition) is 3. The van der Waals surface area contributed by atoms with Crippen LogP contribution in [-0.2, 0) is 6.61 Å². The van der Waals surface area contributed by atoms with Crippen LogP contribution in [0.4, 0.5) is 5.69 Å². The Balaban J connectivity index is 1.78. The Morgan fingerprint density at radius 3 is 2.68 bits per heavy atom. The first-order chi connectivity index (χ1) is 9.22. The predicted molar refractivity (Wildman–Crippen MR) is 76.0 cm³/mol. The van der Waals surface area contributed by atoms with E-state index >= 15 is 0 Å². The summed E-state index contributed by atoms with van der Waals surface area (Å²) in [5.74, 6) is 1.60. The third-order valence-corrected chi connectivity index (χ3v) is 3.02. The molecule has 0 saturated heterocycles. The Labute approximate surface area is 111 Å². The summed E-state index contributed by atoms with van der Waals surface area (Å²) in [4.78, 5) is 7.80. The van der Waals surface area contributed by atoms with E-state index in [1.165, 1.54) is 0 Å². The van der Waals surface area contributed by atoms with Gasteiger partial charge in [0.2, 0.25) is 0 Å². The number of benzene rings is 2. The number of aromatic nitrogens is 2. The van der Waals surface area contributed by atoms with Gasteiger partial charge in [-0.25, -0.2) is 4.98 Å². The van der Waals surface area contributed by atoms with Gasteiger partial charge in [0.25, 0.3) is 0 Å². The quantitative estimate of drug-likeness (QED) is 0.705. The first kappa shape index (κ1) is 11.6. The van der Waals surface area contributed by atoms with Crippen molar-refractivity contribution in [3.8, 4) is 5.75 Å². The molecule has 2 aromatic carbocycles. The number of imidazole rings is 1. The second kappa shape index (κ2) is 4.65. The summed E-state index contributed by atoms with van der Waals surface area (Å²) in [6.45, 7) is 2.46. The predicted octanol–water partition coefficient (Wildman–Crippen LogP) is 3.03. The highest BCUT2D eigenvalue weighted by atomic mass is 16.5. The van der Waals surface area contributed by atoms with Crippen molar-refractivity contribution in [1.29, 1.82) is 0 Å². The summed E-state index contributed by atoms with van der Waals surface area (Å²) >= 11 is 0. The maximum Gasteiger partial charge on any atom is 0.146 e. The van der Waals surface area contributed by atoms with Crippen LogP contribution in [0.1, 0.15) is 11.4 Å². The van der Waals surface area contributed by atoms with Crippen LogP contribution in [0.5, 0.6) is 5.75 Å². The summed E-state index contributed by atoms with van der Waals surface area (Å²) in [5, 5.41) is 0. The number of aromatic amines is 1. The lowest BCUT2D eigenvalue weighted by Crippen LogP contribution is -1.97. The van der Waals surface area contributed by atoms with Gasteiger partial charge >= 0.3 is 0 Å². The molecule has 4 nitrogen and oxygen atoms in total. The van der Waals surface area contributed by atoms with Gasteiger partial charge in [-0.3, -0.25) is 0 Å². The van der Waals surface area contributed by atoms with Crippen molar-refractivity contribution in [3.63, 3.8) is 0 Å². The number of rotatable bonds is 3. The molecule has 3 N–H and O–H groups in total. The Morgan fingerprint density at radius 2 is 1.95 bits per heavy atom. The highest BCUT2D eigenvalue weighted by Gasteiger charge is 2.05. The van der Waals surface area contributed by atoms with E-state index in [-0.39, 0.29) is 0 Å². The van der Waals surface area contributed by atoms with Gasteiger partial charge in [0.05, 0.1) is 11.0 Å². The molecule has 96 valence electrons. The van der Waals surface area contributed by atoms with Gasteiger partial charge in [-0.15, -0.1) is 0 Å². The molecule has 0 atom stereocenters. The van der Waals surface area contributed by atoms with E-state index in [1.54, 1.807) is 0 Å². The van der Waals surface area contributed by atoms with E-state index in [9.17, 15) is 0 Å². The fraction of sp³-hybridized carbons (Fsp3) is 0.133. The Bertz CT molecular complexity index is 701. The molecular weight excluding hydrogens is 238 g/mol. The molecule has 0 aliphatic carbocycles. The van der Waals surface area contributed by atoms with Crippen LogP contribution in [0.15, 0.2) is 42.5 Å². The highest BCUT2D eigenvalue weighted by Crippen LogP contribution is 2.18. The van der Waals surface area contributed by atoms with Crippen molar-refractivity contribution in [2.75, 3.05) is 5.73 Å². The van der Waals surface area contributed by atoms with Crippen LogP contribution in [0.2, 0.25) is 0 Å². The minimum atomic E-state index is 0.415. The van der Waals surface area contributed by atoms with Crippen molar-refractivity contribution < 1.29 is 4.74 Å². The van der Waals surface area contributed by atoms with Gasteiger partial charge in [0.15, 0.2) is 0 Å². The summed E-state index contributed by atoms with van der Waals surface area (Å²) < 4.78 is 5.67. The van der Waals surface area contributed by atoms with Crippen molar-refractivity contribution >= 4 is 16.7 Å². The molecule has 0 spiro atoms. The Morgan fingerprint density at radius 1 is 1.16 bits per heavy atom. The first-order valence-corrected chi connectivity index (χ1v) is 6.15. The number of aryl methyl sites for hydroxylation is 1. The lowest BCUT2D eigenvalue weighted by molar-refractivity contribution is 0.297. The van der Waals surface area contributed by atoms with Gasteiger partial charge in [-0.1, -0.05) is 12.1 Å². The minimum Gasteiger partial charge on any atom is -0.486 e. The molecule has 0 amide bonds. The second-order valence-corrected chi connectivity index (χ2v) is 4.51. The molecule has 0 fully saturated rings. The molecule has 1 aromatic heterocycles. The molecule has 0 saturated carbocycles. The number of nitrogens with one attached hydrogen (secondary N) is 1. The molecule has 0 aliphatic rings. The average Bonchev–Trinajstić information content (AvgIpc) is 2.83. The number of anilines is 1. The molecule has 0 unspecified atom stereocenters. The molecule has 0 bridgehead atoms. The summed E-state index contributed by atoms with van der Waals surface area (Å²) in [6, 6.07) is 13.4. The number of nitrogen functional groups attached to an aromatic ring is 1. The Kier molecular flexibility index (Phi) is 2.83. The van der Waals surface area contributed by atoms with E-state index in [4.69, 9.17) is 10.5 Å². The monoisotopic (exact) mass is 253 g/mol. The van der Waals surface area contributed by atoms with Gasteiger partial charge in [-0.05, 0) is 42.8 Å². The van der Waals surface area contributed by atoms with Crippen LogP contribution in [0, 0.1) is 6.92 Å². The van der Waals surface area contributed by atoms with Crippen LogP contribution in [-0.4, -0.2) is 9.97 Å². The number of nitrogens with two attached hydrogens (primary N) is 1. The van der Waals surface area contributed by atoms with Crippen LogP contribution in [0.25, 0.3) is 11.0 Å². The van der Waals surface area contributed by atoms with E-state index < -0.39 is 0 Å². The zero-order valence-corrected chi connectivity index (χ0v) is 10.7. The molecule has 4 heteroatoms. The molecular formula is C15H15N3O. The topological polar surface area (TPSA) is 63.9 Å². The molecule has 0 radical (unpaired) electrons. The fourth-order valence-corrected chi connectivity index (χ4v) is 2.01. The normalized spacial score (nSPS) is 10.8. The second-order valence-electron chi connectivity index (χ2n) is 4.51. The SMILES string of the molecule is Cc1cccc2[nH]c(COc3ccc(N)cc3)nc12. The van der Waals surface area contributed by atoms with Crippen molar-refractivity contribution in [2.45, 2.75) is 13.5 Å². The van der Waals surface area contributed by atoms with Crippen LogP contribution in [0.3, 0.4) is 0 Å².